The number of rotatable bonds is 6. The minimum Gasteiger partial charge on any atom is -0.496 e. The van der Waals surface area contributed by atoms with Crippen LogP contribution in [0.25, 0.3) is 0 Å². The van der Waals surface area contributed by atoms with E-state index in [4.69, 9.17) is 4.74 Å². The molecule has 0 aliphatic heterocycles. The first-order chi connectivity index (χ1) is 9.01. The van der Waals surface area contributed by atoms with Gasteiger partial charge in [0.25, 0.3) is 11.6 Å². The van der Waals surface area contributed by atoms with Crippen LogP contribution in [0.15, 0.2) is 18.2 Å². The minimum absolute atomic E-state index is 0. The Labute approximate surface area is 123 Å². The number of ether oxygens (including phenoxy) is 1. The smallest absolute Gasteiger partial charge is 0.270 e. The molecule has 1 aromatic carbocycles. The maximum absolute atomic E-state index is 12.2. The van der Waals surface area contributed by atoms with Crippen molar-refractivity contribution in [1.82, 2.24) is 10.2 Å². The molecule has 0 spiro atoms. The summed E-state index contributed by atoms with van der Waals surface area (Å²) in [6.45, 7) is 1.14. The Bertz CT molecular complexity index is 482. The average Bonchev–Trinajstić information content (AvgIpc) is 2.42. The van der Waals surface area contributed by atoms with Crippen LogP contribution in [0.4, 0.5) is 5.69 Å². The van der Waals surface area contributed by atoms with Gasteiger partial charge in [0.05, 0.1) is 17.6 Å². The number of halogens is 1. The Balaban J connectivity index is 0.00000361. The van der Waals surface area contributed by atoms with E-state index < -0.39 is 4.92 Å². The van der Waals surface area contributed by atoms with Gasteiger partial charge in [0.1, 0.15) is 5.75 Å². The first-order valence-corrected chi connectivity index (χ1v) is 5.73. The zero-order valence-electron chi connectivity index (χ0n) is 11.6. The van der Waals surface area contributed by atoms with Gasteiger partial charge in [0.15, 0.2) is 0 Å². The fraction of sp³-hybridized carbons (Fsp3) is 0.417. The Morgan fingerprint density at radius 3 is 2.65 bits per heavy atom. The highest BCUT2D eigenvalue weighted by Gasteiger charge is 2.20. The Morgan fingerprint density at radius 1 is 1.50 bits per heavy atom. The van der Waals surface area contributed by atoms with Crippen molar-refractivity contribution in [3.05, 3.63) is 33.9 Å². The molecule has 0 bridgehead atoms. The quantitative estimate of drug-likeness (QED) is 0.633. The molecule has 0 aliphatic carbocycles. The number of hydrogen-bond donors (Lipinski definition) is 1. The van der Waals surface area contributed by atoms with Gasteiger partial charge in [-0.15, -0.1) is 12.4 Å². The van der Waals surface area contributed by atoms with Gasteiger partial charge in [-0.1, -0.05) is 0 Å². The SMILES string of the molecule is CNCCN(C)C(=O)c1cc([N+](=O)[O-])ccc1OC.Cl. The number of nitro groups is 1. The van der Waals surface area contributed by atoms with Crippen molar-refractivity contribution in [3.8, 4) is 5.75 Å². The third kappa shape index (κ3) is 4.36. The molecule has 0 aliphatic rings. The first-order valence-electron chi connectivity index (χ1n) is 5.73. The van der Waals surface area contributed by atoms with E-state index >= 15 is 0 Å². The van der Waals surface area contributed by atoms with Crippen LogP contribution in [-0.2, 0) is 0 Å². The van der Waals surface area contributed by atoms with Crippen LogP contribution in [0.1, 0.15) is 10.4 Å². The number of non-ortho nitro benzene ring substituents is 1. The topological polar surface area (TPSA) is 84.7 Å². The van der Waals surface area contributed by atoms with E-state index in [2.05, 4.69) is 5.32 Å². The Kier molecular flexibility index (Phi) is 7.56. The lowest BCUT2D eigenvalue weighted by Crippen LogP contribution is -2.33. The second-order valence-electron chi connectivity index (χ2n) is 3.97. The maximum Gasteiger partial charge on any atom is 0.270 e. The average molecular weight is 304 g/mol. The zero-order chi connectivity index (χ0) is 14.4. The Hall–Kier alpha value is -1.86. The molecule has 0 fully saturated rings. The number of benzene rings is 1. The standard InChI is InChI=1S/C12H17N3O4.ClH/c1-13-6-7-14(2)12(16)10-8-9(15(17)18)4-5-11(10)19-3;/h4-5,8,13H,6-7H2,1-3H3;1H. The van der Waals surface area contributed by atoms with Crippen molar-refractivity contribution >= 4 is 24.0 Å². The zero-order valence-corrected chi connectivity index (χ0v) is 12.4. The van der Waals surface area contributed by atoms with Crippen molar-refractivity contribution in [1.29, 1.82) is 0 Å². The summed E-state index contributed by atoms with van der Waals surface area (Å²) in [5.74, 6) is 0.0164. The van der Waals surface area contributed by atoms with Crippen molar-refractivity contribution in [2.45, 2.75) is 0 Å². The van der Waals surface area contributed by atoms with Gasteiger partial charge >= 0.3 is 0 Å². The van der Waals surface area contributed by atoms with E-state index in [-0.39, 0.29) is 29.6 Å². The van der Waals surface area contributed by atoms with Gasteiger partial charge in [-0.3, -0.25) is 14.9 Å². The fourth-order valence-electron chi connectivity index (χ4n) is 1.56. The van der Waals surface area contributed by atoms with Crippen molar-refractivity contribution in [2.24, 2.45) is 0 Å². The van der Waals surface area contributed by atoms with E-state index in [1.807, 2.05) is 0 Å². The van der Waals surface area contributed by atoms with Crippen LogP contribution in [0.5, 0.6) is 5.75 Å². The molecule has 20 heavy (non-hydrogen) atoms. The van der Waals surface area contributed by atoms with Gasteiger partial charge in [0, 0.05) is 32.3 Å². The summed E-state index contributed by atoms with van der Waals surface area (Å²) in [4.78, 5) is 23.9. The summed E-state index contributed by atoms with van der Waals surface area (Å²) < 4.78 is 5.07. The molecule has 0 saturated carbocycles. The van der Waals surface area contributed by atoms with Gasteiger partial charge in [-0.2, -0.15) is 0 Å². The van der Waals surface area contributed by atoms with E-state index in [9.17, 15) is 14.9 Å². The second kappa shape index (κ2) is 8.34. The molecule has 0 atom stereocenters. The lowest BCUT2D eigenvalue weighted by Gasteiger charge is -2.18. The van der Waals surface area contributed by atoms with Crippen molar-refractivity contribution in [2.75, 3.05) is 34.3 Å². The normalized spacial score (nSPS) is 9.55. The van der Waals surface area contributed by atoms with E-state index in [1.165, 1.54) is 30.2 Å². The number of carbonyl (C=O) groups excluding carboxylic acids is 1. The van der Waals surface area contributed by atoms with Crippen molar-refractivity contribution in [3.63, 3.8) is 0 Å². The van der Waals surface area contributed by atoms with Crippen molar-refractivity contribution < 1.29 is 14.5 Å². The monoisotopic (exact) mass is 303 g/mol. The molecule has 0 radical (unpaired) electrons. The fourth-order valence-corrected chi connectivity index (χ4v) is 1.56. The van der Waals surface area contributed by atoms with E-state index in [1.54, 1.807) is 14.1 Å². The summed E-state index contributed by atoms with van der Waals surface area (Å²) >= 11 is 0. The third-order valence-electron chi connectivity index (χ3n) is 2.67. The van der Waals surface area contributed by atoms with Crippen LogP contribution in [-0.4, -0.2) is 50.0 Å². The molecule has 0 saturated heterocycles. The number of nitrogens with zero attached hydrogens (tertiary/aromatic N) is 2. The van der Waals surface area contributed by atoms with Crippen LogP contribution in [0.2, 0.25) is 0 Å². The van der Waals surface area contributed by atoms with Crippen LogP contribution in [0.3, 0.4) is 0 Å². The predicted octanol–water partition coefficient (Wildman–Crippen LogP) is 1.32. The van der Waals surface area contributed by atoms with E-state index in [0.29, 0.717) is 18.8 Å². The van der Waals surface area contributed by atoms with Gasteiger partial charge in [0.2, 0.25) is 0 Å². The summed E-state index contributed by atoms with van der Waals surface area (Å²) in [6.07, 6.45) is 0. The molecule has 112 valence electrons. The predicted molar refractivity (Wildman–Crippen MR) is 77.8 cm³/mol. The van der Waals surface area contributed by atoms with Crippen LogP contribution in [0, 0.1) is 10.1 Å². The van der Waals surface area contributed by atoms with Crippen LogP contribution < -0.4 is 10.1 Å². The highest BCUT2D eigenvalue weighted by molar-refractivity contribution is 5.97. The van der Waals surface area contributed by atoms with Gasteiger partial charge in [-0.25, -0.2) is 0 Å². The summed E-state index contributed by atoms with van der Waals surface area (Å²) in [5, 5.41) is 13.7. The number of methoxy groups -OCH3 is 1. The molecular weight excluding hydrogens is 286 g/mol. The third-order valence-corrected chi connectivity index (χ3v) is 2.67. The number of nitro benzene ring substituents is 1. The number of nitrogens with one attached hydrogen (secondary N) is 1. The molecule has 7 nitrogen and oxygen atoms in total. The second-order valence-corrected chi connectivity index (χ2v) is 3.97. The number of hydrogen-bond acceptors (Lipinski definition) is 5. The minimum atomic E-state index is -0.538. The van der Waals surface area contributed by atoms with Crippen LogP contribution >= 0.6 is 12.4 Å². The first kappa shape index (κ1) is 18.1. The maximum atomic E-state index is 12.2. The lowest BCUT2D eigenvalue weighted by molar-refractivity contribution is -0.384. The molecule has 1 rings (SSSR count). The molecular formula is C12H18ClN3O4. The molecule has 0 heterocycles. The summed E-state index contributed by atoms with van der Waals surface area (Å²) in [7, 11) is 4.84. The molecule has 0 unspecified atom stereocenters. The Morgan fingerprint density at radius 2 is 2.15 bits per heavy atom. The highest BCUT2D eigenvalue weighted by atomic mass is 35.5. The highest BCUT2D eigenvalue weighted by Crippen LogP contribution is 2.24. The molecule has 1 aromatic rings. The van der Waals surface area contributed by atoms with Gasteiger partial charge < -0.3 is 15.0 Å². The number of likely N-dealkylation sites (N-methyl/N-ethyl adjacent to an activating group) is 2. The van der Waals surface area contributed by atoms with E-state index in [0.717, 1.165) is 0 Å². The number of amides is 1. The van der Waals surface area contributed by atoms with Gasteiger partial charge in [-0.05, 0) is 13.1 Å². The number of carbonyl (C=O) groups is 1. The summed E-state index contributed by atoms with van der Waals surface area (Å²) in [5.41, 5.74) is 0.0569. The molecule has 0 aromatic heterocycles. The lowest BCUT2D eigenvalue weighted by atomic mass is 10.1. The molecule has 1 amide bonds. The molecule has 8 heteroatoms. The largest absolute Gasteiger partial charge is 0.496 e. The molecule has 1 N–H and O–H groups in total. The summed E-state index contributed by atoms with van der Waals surface area (Å²) in [6, 6.07) is 3.97.